The molecule has 0 bridgehead atoms. The fourth-order valence-electron chi connectivity index (χ4n) is 1.94. The van der Waals surface area contributed by atoms with E-state index in [0.717, 1.165) is 17.3 Å². The molecule has 1 unspecified atom stereocenters. The van der Waals surface area contributed by atoms with E-state index in [9.17, 15) is 14.4 Å². The summed E-state index contributed by atoms with van der Waals surface area (Å²) in [6.45, 7) is 1.79. The number of aryl methyl sites for hydroxylation is 1. The summed E-state index contributed by atoms with van der Waals surface area (Å²) in [5.74, 6) is -1.90. The second-order valence-electron chi connectivity index (χ2n) is 4.91. The molecule has 0 radical (unpaired) electrons. The van der Waals surface area contributed by atoms with Crippen molar-refractivity contribution in [2.45, 2.75) is 18.6 Å². The normalized spacial score (nSPS) is 18.8. The van der Waals surface area contributed by atoms with E-state index in [0.29, 0.717) is 11.1 Å². The van der Waals surface area contributed by atoms with Gasteiger partial charge in [-0.3, -0.25) is 9.59 Å². The monoisotopic (exact) mass is 349 g/mol. The first-order valence-corrected chi connectivity index (χ1v) is 7.78. The number of thioether (sulfide) groups is 1. The van der Waals surface area contributed by atoms with Crippen LogP contribution < -0.4 is 5.32 Å². The first-order chi connectivity index (χ1) is 11.4. The highest BCUT2D eigenvalue weighted by molar-refractivity contribution is 8.15. The Morgan fingerprint density at radius 1 is 1.46 bits per heavy atom. The third-order valence-corrected chi connectivity index (χ3v) is 4.23. The summed E-state index contributed by atoms with van der Waals surface area (Å²) < 4.78 is 4.70. The van der Waals surface area contributed by atoms with Crippen molar-refractivity contribution in [3.8, 4) is 0 Å². The summed E-state index contributed by atoms with van der Waals surface area (Å²) in [6, 6.07) is 5.15. The van der Waals surface area contributed by atoms with E-state index in [1.165, 1.54) is 13.3 Å². The first kappa shape index (κ1) is 17.7. The Hall–Kier alpha value is -2.68. The van der Waals surface area contributed by atoms with E-state index in [1.54, 1.807) is 25.1 Å². The van der Waals surface area contributed by atoms with Crippen LogP contribution in [0.4, 0.5) is 0 Å². The van der Waals surface area contributed by atoms with Gasteiger partial charge in [0.05, 0.1) is 25.3 Å². The lowest BCUT2D eigenvalue weighted by atomic mass is 10.1. The Labute approximate surface area is 142 Å². The molecule has 0 saturated carbocycles. The number of amides is 1. The summed E-state index contributed by atoms with van der Waals surface area (Å²) in [5, 5.41) is 18.4. The number of hydrogen-bond acceptors (Lipinski definition) is 7. The third kappa shape index (κ3) is 4.42. The predicted octanol–water partition coefficient (Wildman–Crippen LogP) is 1.18. The van der Waals surface area contributed by atoms with Crippen molar-refractivity contribution in [3.05, 3.63) is 34.9 Å². The molecule has 1 amide bonds. The molecule has 1 fully saturated rings. The summed E-state index contributed by atoms with van der Waals surface area (Å²) in [7, 11) is 1.31. The summed E-state index contributed by atoms with van der Waals surface area (Å²) in [4.78, 5) is 33.8. The summed E-state index contributed by atoms with van der Waals surface area (Å²) in [6.07, 6.45) is 1.15. The van der Waals surface area contributed by atoms with Crippen molar-refractivity contribution in [2.75, 3.05) is 7.11 Å². The largest absolute Gasteiger partial charge is 0.481 e. The predicted molar refractivity (Wildman–Crippen MR) is 89.3 cm³/mol. The average Bonchev–Trinajstić information content (AvgIpc) is 2.87. The number of rotatable bonds is 5. The van der Waals surface area contributed by atoms with Gasteiger partial charge < -0.3 is 15.2 Å². The van der Waals surface area contributed by atoms with Gasteiger partial charge in [0.15, 0.2) is 5.17 Å². The standard InChI is InChI=1S/C15H15N3O5S/c1-8-3-4-9(5-10(8)14(22)23-2)7-16-18-15-17-13(21)11(24-15)6-12(19)20/h3-5,7,11H,6H2,1-2H3,(H,19,20)(H,17,18,21). The maximum atomic E-state index is 11.6. The van der Waals surface area contributed by atoms with Crippen LogP contribution in [0.15, 0.2) is 28.4 Å². The molecule has 1 aliphatic heterocycles. The molecule has 1 aromatic carbocycles. The summed E-state index contributed by atoms with van der Waals surface area (Å²) >= 11 is 1.02. The Balaban J connectivity index is 2.08. The van der Waals surface area contributed by atoms with Crippen LogP contribution in [0.1, 0.15) is 27.9 Å². The highest BCUT2D eigenvalue weighted by Gasteiger charge is 2.32. The minimum Gasteiger partial charge on any atom is -0.481 e. The number of methoxy groups -OCH3 is 1. The maximum absolute atomic E-state index is 11.6. The molecular weight excluding hydrogens is 334 g/mol. The van der Waals surface area contributed by atoms with E-state index in [-0.39, 0.29) is 11.6 Å². The minimum absolute atomic E-state index is 0.239. The molecule has 0 spiro atoms. The van der Waals surface area contributed by atoms with Crippen molar-refractivity contribution >= 4 is 41.0 Å². The van der Waals surface area contributed by atoms with Crippen molar-refractivity contribution < 1.29 is 24.2 Å². The van der Waals surface area contributed by atoms with Gasteiger partial charge in [-0.2, -0.15) is 5.10 Å². The number of aliphatic carboxylic acids is 1. The Morgan fingerprint density at radius 3 is 2.88 bits per heavy atom. The Bertz CT molecular complexity index is 745. The smallest absolute Gasteiger partial charge is 0.338 e. The van der Waals surface area contributed by atoms with E-state index in [1.807, 2.05) is 0 Å². The number of ether oxygens (including phenoxy) is 1. The first-order valence-electron chi connectivity index (χ1n) is 6.90. The zero-order valence-electron chi connectivity index (χ0n) is 13.0. The average molecular weight is 349 g/mol. The molecule has 0 aromatic heterocycles. The Morgan fingerprint density at radius 2 is 2.21 bits per heavy atom. The number of carbonyl (C=O) groups is 3. The van der Waals surface area contributed by atoms with Crippen LogP contribution in [-0.2, 0) is 14.3 Å². The van der Waals surface area contributed by atoms with Gasteiger partial charge in [0.2, 0.25) is 5.91 Å². The minimum atomic E-state index is -1.05. The second-order valence-corrected chi connectivity index (χ2v) is 6.10. The second kappa shape index (κ2) is 7.73. The van der Waals surface area contributed by atoms with E-state index in [2.05, 4.69) is 15.5 Å². The van der Waals surface area contributed by atoms with Gasteiger partial charge in [-0.25, -0.2) is 4.79 Å². The molecular formula is C15H15N3O5S. The van der Waals surface area contributed by atoms with Gasteiger partial charge in [-0.1, -0.05) is 23.9 Å². The number of hydrogen-bond donors (Lipinski definition) is 2. The highest BCUT2D eigenvalue weighted by atomic mass is 32.2. The molecule has 9 heteroatoms. The molecule has 1 aromatic rings. The van der Waals surface area contributed by atoms with Crippen LogP contribution in [0.3, 0.4) is 0 Å². The quantitative estimate of drug-likeness (QED) is 0.468. The lowest BCUT2D eigenvalue weighted by molar-refractivity contribution is -0.138. The fraction of sp³-hybridized carbons (Fsp3) is 0.267. The number of amidine groups is 1. The summed E-state index contributed by atoms with van der Waals surface area (Å²) in [5.41, 5.74) is 1.85. The molecule has 1 aliphatic rings. The molecule has 1 atom stereocenters. The van der Waals surface area contributed by atoms with Gasteiger partial charge in [0.1, 0.15) is 5.25 Å². The van der Waals surface area contributed by atoms with Crippen LogP contribution in [0.2, 0.25) is 0 Å². The number of carbonyl (C=O) groups excluding carboxylic acids is 2. The molecule has 1 saturated heterocycles. The zero-order valence-corrected chi connectivity index (χ0v) is 13.8. The van der Waals surface area contributed by atoms with Crippen LogP contribution in [0, 0.1) is 6.92 Å². The third-order valence-electron chi connectivity index (χ3n) is 3.16. The van der Waals surface area contributed by atoms with Crippen LogP contribution in [0.5, 0.6) is 0 Å². The fourth-order valence-corrected chi connectivity index (χ4v) is 2.86. The van der Waals surface area contributed by atoms with Gasteiger partial charge in [0, 0.05) is 0 Å². The van der Waals surface area contributed by atoms with Gasteiger partial charge in [-0.15, -0.1) is 5.10 Å². The SMILES string of the molecule is COC(=O)c1cc(C=NN=C2NC(=O)C(CC(=O)O)S2)ccc1C. The number of nitrogens with one attached hydrogen (secondary N) is 1. The Kier molecular flexibility index (Phi) is 5.69. The van der Waals surface area contributed by atoms with Crippen molar-refractivity contribution in [1.82, 2.24) is 5.32 Å². The molecule has 126 valence electrons. The topological polar surface area (TPSA) is 117 Å². The highest BCUT2D eigenvalue weighted by Crippen LogP contribution is 2.22. The number of carboxylic acids is 1. The number of esters is 1. The number of nitrogens with zero attached hydrogens (tertiary/aromatic N) is 2. The number of benzene rings is 1. The molecule has 2 N–H and O–H groups in total. The molecule has 2 rings (SSSR count). The lowest BCUT2D eigenvalue weighted by Crippen LogP contribution is -2.26. The van der Waals surface area contributed by atoms with E-state index < -0.39 is 23.1 Å². The van der Waals surface area contributed by atoms with Crippen LogP contribution in [-0.4, -0.2) is 46.7 Å². The zero-order chi connectivity index (χ0) is 17.7. The van der Waals surface area contributed by atoms with Crippen LogP contribution in [0.25, 0.3) is 0 Å². The van der Waals surface area contributed by atoms with Crippen LogP contribution >= 0.6 is 11.8 Å². The number of carboxylic acid groups (broad SMARTS) is 1. The van der Waals surface area contributed by atoms with E-state index in [4.69, 9.17) is 9.84 Å². The van der Waals surface area contributed by atoms with Gasteiger partial charge in [-0.05, 0) is 24.1 Å². The molecule has 24 heavy (non-hydrogen) atoms. The van der Waals surface area contributed by atoms with Crippen molar-refractivity contribution in [1.29, 1.82) is 0 Å². The van der Waals surface area contributed by atoms with Gasteiger partial charge >= 0.3 is 11.9 Å². The molecule has 0 aliphatic carbocycles. The van der Waals surface area contributed by atoms with Crippen molar-refractivity contribution in [3.63, 3.8) is 0 Å². The maximum Gasteiger partial charge on any atom is 0.338 e. The lowest BCUT2D eigenvalue weighted by Gasteiger charge is -2.04. The van der Waals surface area contributed by atoms with E-state index >= 15 is 0 Å². The molecule has 1 heterocycles. The van der Waals surface area contributed by atoms with Crippen molar-refractivity contribution in [2.24, 2.45) is 10.2 Å². The molecule has 8 nitrogen and oxygen atoms in total. The van der Waals surface area contributed by atoms with Gasteiger partial charge in [0.25, 0.3) is 0 Å².